The van der Waals surface area contributed by atoms with Crippen molar-refractivity contribution in [2.24, 2.45) is 5.73 Å². The highest BCUT2D eigenvalue weighted by Crippen LogP contribution is 2.36. The monoisotopic (exact) mass is 281 g/mol. The predicted octanol–water partition coefficient (Wildman–Crippen LogP) is 2.38. The number of aryl methyl sites for hydroxylation is 1. The van der Waals surface area contributed by atoms with E-state index in [4.69, 9.17) is 21.8 Å². The maximum Gasteiger partial charge on any atom is 0.0974 e. The third kappa shape index (κ3) is 2.50. The Morgan fingerprint density at radius 1 is 1.43 bits per heavy atom. The van der Waals surface area contributed by atoms with Crippen molar-refractivity contribution in [1.29, 1.82) is 5.26 Å². The molecule has 0 spiro atoms. The number of aromatic nitrogens is 2. The second-order valence-corrected chi connectivity index (χ2v) is 5.46. The molecule has 1 aliphatic rings. The average molecular weight is 281 g/mol. The van der Waals surface area contributed by atoms with Crippen LogP contribution in [0.3, 0.4) is 0 Å². The Kier molecular flexibility index (Phi) is 3.63. The first-order valence-corrected chi connectivity index (χ1v) is 7.28. The zero-order valence-corrected chi connectivity index (χ0v) is 11.9. The van der Waals surface area contributed by atoms with Gasteiger partial charge in [-0.25, -0.2) is 0 Å². The van der Waals surface area contributed by atoms with E-state index < -0.39 is 0 Å². The van der Waals surface area contributed by atoms with Gasteiger partial charge in [-0.1, -0.05) is 12.1 Å². The first-order valence-electron chi connectivity index (χ1n) is 7.28. The number of fused-ring (bicyclic) bond motifs is 1. The van der Waals surface area contributed by atoms with Crippen LogP contribution in [0, 0.1) is 11.3 Å². The quantitative estimate of drug-likeness (QED) is 0.845. The van der Waals surface area contributed by atoms with Crippen LogP contribution in [0.2, 0.25) is 0 Å². The number of anilines is 1. The van der Waals surface area contributed by atoms with Crippen molar-refractivity contribution < 1.29 is 0 Å². The molecule has 0 saturated heterocycles. The van der Waals surface area contributed by atoms with E-state index in [2.05, 4.69) is 6.07 Å². The van der Waals surface area contributed by atoms with E-state index >= 15 is 0 Å². The third-order valence-electron chi connectivity index (χ3n) is 3.99. The minimum Gasteiger partial charge on any atom is -0.399 e. The van der Waals surface area contributed by atoms with E-state index in [1.165, 1.54) is 5.69 Å². The van der Waals surface area contributed by atoms with Gasteiger partial charge in [0.2, 0.25) is 0 Å². The van der Waals surface area contributed by atoms with E-state index in [1.54, 1.807) is 0 Å². The SMILES string of the molecule is N#CCCn1nc(-c2cccc(N)c2)c2c1CCCC2N. The van der Waals surface area contributed by atoms with Crippen molar-refractivity contribution in [2.45, 2.75) is 38.3 Å². The second-order valence-electron chi connectivity index (χ2n) is 5.46. The number of nitrogens with two attached hydrogens (primary N) is 2. The number of hydrogen-bond acceptors (Lipinski definition) is 4. The highest BCUT2D eigenvalue weighted by molar-refractivity contribution is 5.68. The lowest BCUT2D eigenvalue weighted by atomic mass is 9.89. The second kappa shape index (κ2) is 5.58. The summed E-state index contributed by atoms with van der Waals surface area (Å²) in [5.41, 5.74) is 17.1. The Hall–Kier alpha value is -2.32. The summed E-state index contributed by atoms with van der Waals surface area (Å²) in [4.78, 5) is 0. The van der Waals surface area contributed by atoms with Gasteiger partial charge in [0.15, 0.2) is 0 Å². The standard InChI is InChI=1S/C16H19N5/c17-8-3-9-21-14-7-2-6-13(19)15(14)16(20-21)11-4-1-5-12(18)10-11/h1,4-5,10,13H,2-3,6-7,9,18-19H2. The summed E-state index contributed by atoms with van der Waals surface area (Å²) >= 11 is 0. The molecule has 2 aromatic rings. The van der Waals surface area contributed by atoms with Gasteiger partial charge in [0.05, 0.1) is 24.7 Å². The van der Waals surface area contributed by atoms with E-state index in [9.17, 15) is 0 Å². The van der Waals surface area contributed by atoms with Gasteiger partial charge in [0.25, 0.3) is 0 Å². The summed E-state index contributed by atoms with van der Waals surface area (Å²) in [6.45, 7) is 0.619. The molecule has 1 aromatic heterocycles. The minimum atomic E-state index is 0.0148. The van der Waals surface area contributed by atoms with Crippen LogP contribution in [0.5, 0.6) is 0 Å². The fourth-order valence-electron chi connectivity index (χ4n) is 3.04. The summed E-state index contributed by atoms with van der Waals surface area (Å²) in [5.74, 6) is 0. The molecule has 0 radical (unpaired) electrons. The summed E-state index contributed by atoms with van der Waals surface area (Å²) in [5, 5.41) is 13.5. The fraction of sp³-hybridized carbons (Fsp3) is 0.375. The highest BCUT2D eigenvalue weighted by Gasteiger charge is 2.26. The molecule has 0 aliphatic heterocycles. The van der Waals surface area contributed by atoms with Crippen LogP contribution < -0.4 is 11.5 Å². The van der Waals surface area contributed by atoms with Gasteiger partial charge in [0, 0.05) is 28.6 Å². The van der Waals surface area contributed by atoms with Crippen molar-refractivity contribution >= 4 is 5.69 Å². The maximum atomic E-state index is 8.81. The Balaban J connectivity index is 2.12. The fourth-order valence-corrected chi connectivity index (χ4v) is 3.04. The maximum absolute atomic E-state index is 8.81. The molecule has 3 rings (SSSR count). The lowest BCUT2D eigenvalue weighted by molar-refractivity contribution is 0.524. The van der Waals surface area contributed by atoms with Crippen molar-refractivity contribution in [3.05, 3.63) is 35.5 Å². The molecule has 1 heterocycles. The zero-order chi connectivity index (χ0) is 14.8. The molecular weight excluding hydrogens is 262 g/mol. The normalized spacial score (nSPS) is 17.2. The van der Waals surface area contributed by atoms with Gasteiger partial charge < -0.3 is 11.5 Å². The Bertz CT molecular complexity index is 695. The number of hydrogen-bond donors (Lipinski definition) is 2. The van der Waals surface area contributed by atoms with Crippen molar-refractivity contribution in [3.8, 4) is 17.3 Å². The van der Waals surface area contributed by atoms with Crippen molar-refractivity contribution in [3.63, 3.8) is 0 Å². The van der Waals surface area contributed by atoms with Crippen LogP contribution in [0.15, 0.2) is 24.3 Å². The molecule has 0 amide bonds. The van der Waals surface area contributed by atoms with E-state index in [-0.39, 0.29) is 6.04 Å². The molecule has 5 heteroatoms. The smallest absolute Gasteiger partial charge is 0.0974 e. The first kappa shape index (κ1) is 13.7. The molecule has 1 unspecified atom stereocenters. The lowest BCUT2D eigenvalue weighted by Gasteiger charge is -2.20. The van der Waals surface area contributed by atoms with Crippen LogP contribution in [0.1, 0.15) is 36.6 Å². The molecule has 4 N–H and O–H groups in total. The van der Waals surface area contributed by atoms with Crippen LogP contribution in [0.4, 0.5) is 5.69 Å². The zero-order valence-electron chi connectivity index (χ0n) is 11.9. The van der Waals surface area contributed by atoms with Gasteiger partial charge in [-0.3, -0.25) is 4.68 Å². The van der Waals surface area contributed by atoms with Crippen LogP contribution in [0.25, 0.3) is 11.3 Å². The molecule has 0 saturated carbocycles. The average Bonchev–Trinajstić information content (AvgIpc) is 2.85. The number of nitrogen functional groups attached to an aromatic ring is 1. The molecule has 21 heavy (non-hydrogen) atoms. The van der Waals surface area contributed by atoms with Crippen molar-refractivity contribution in [1.82, 2.24) is 9.78 Å². The predicted molar refractivity (Wildman–Crippen MR) is 82.2 cm³/mol. The lowest BCUT2D eigenvalue weighted by Crippen LogP contribution is -2.19. The van der Waals surface area contributed by atoms with Gasteiger partial charge in [-0.2, -0.15) is 10.4 Å². The molecular formula is C16H19N5. The summed E-state index contributed by atoms with van der Waals surface area (Å²) < 4.78 is 1.95. The van der Waals surface area contributed by atoms with E-state index in [0.29, 0.717) is 13.0 Å². The highest BCUT2D eigenvalue weighted by atomic mass is 15.3. The third-order valence-corrected chi connectivity index (χ3v) is 3.99. The number of nitrogens with zero attached hydrogens (tertiary/aromatic N) is 3. The minimum absolute atomic E-state index is 0.0148. The summed E-state index contributed by atoms with van der Waals surface area (Å²) in [7, 11) is 0. The first-order chi connectivity index (χ1) is 10.2. The Morgan fingerprint density at radius 3 is 3.05 bits per heavy atom. The van der Waals surface area contributed by atoms with E-state index in [0.717, 1.165) is 41.8 Å². The van der Waals surface area contributed by atoms with Crippen LogP contribution >= 0.6 is 0 Å². The number of benzene rings is 1. The van der Waals surface area contributed by atoms with Gasteiger partial charge in [-0.05, 0) is 31.4 Å². The van der Waals surface area contributed by atoms with Gasteiger partial charge in [-0.15, -0.1) is 0 Å². The molecule has 108 valence electrons. The largest absolute Gasteiger partial charge is 0.399 e. The Labute approximate surface area is 124 Å². The molecule has 1 atom stereocenters. The Morgan fingerprint density at radius 2 is 2.29 bits per heavy atom. The summed E-state index contributed by atoms with van der Waals surface area (Å²) in [6, 6.07) is 9.93. The molecule has 0 bridgehead atoms. The topological polar surface area (TPSA) is 93.6 Å². The van der Waals surface area contributed by atoms with Crippen molar-refractivity contribution in [2.75, 3.05) is 5.73 Å². The molecule has 1 aliphatic carbocycles. The molecule has 0 fully saturated rings. The summed E-state index contributed by atoms with van der Waals surface area (Å²) in [6.07, 6.45) is 3.48. The van der Waals surface area contributed by atoms with Crippen LogP contribution in [-0.2, 0) is 13.0 Å². The molecule has 5 nitrogen and oxygen atoms in total. The number of nitriles is 1. The number of rotatable bonds is 3. The van der Waals surface area contributed by atoms with Gasteiger partial charge >= 0.3 is 0 Å². The van der Waals surface area contributed by atoms with Crippen LogP contribution in [-0.4, -0.2) is 9.78 Å². The van der Waals surface area contributed by atoms with Gasteiger partial charge in [0.1, 0.15) is 0 Å². The molecule has 1 aromatic carbocycles. The van der Waals surface area contributed by atoms with E-state index in [1.807, 2.05) is 28.9 Å².